The zero-order valence-corrected chi connectivity index (χ0v) is 8.30. The van der Waals surface area contributed by atoms with Crippen LogP contribution < -0.4 is 5.32 Å². The fraction of sp³-hybridized carbons (Fsp3) is 0.900. The summed E-state index contributed by atoms with van der Waals surface area (Å²) in [5.41, 5.74) is 0.150. The summed E-state index contributed by atoms with van der Waals surface area (Å²) in [6.07, 6.45) is 3.74. The van der Waals surface area contributed by atoms with Crippen molar-refractivity contribution in [1.29, 1.82) is 0 Å². The second kappa shape index (κ2) is 2.89. The molecule has 1 saturated heterocycles. The molecule has 1 amide bonds. The molecule has 74 valence electrons. The molecule has 1 heterocycles. The zero-order valence-electron chi connectivity index (χ0n) is 8.30. The number of cyclic esters (lactones) is 1. The Balaban J connectivity index is 2.01. The highest BCUT2D eigenvalue weighted by atomic mass is 16.6. The van der Waals surface area contributed by atoms with Crippen molar-refractivity contribution in [1.82, 2.24) is 5.32 Å². The van der Waals surface area contributed by atoms with Crippen LogP contribution in [0.4, 0.5) is 4.79 Å². The van der Waals surface area contributed by atoms with Crippen LogP contribution in [0.25, 0.3) is 0 Å². The number of hydrogen-bond donors (Lipinski definition) is 1. The first-order valence-corrected chi connectivity index (χ1v) is 5.05. The van der Waals surface area contributed by atoms with Gasteiger partial charge in [-0.15, -0.1) is 0 Å². The molecule has 0 radical (unpaired) electrons. The van der Waals surface area contributed by atoms with E-state index in [0.717, 1.165) is 5.92 Å². The van der Waals surface area contributed by atoms with E-state index in [1.165, 1.54) is 19.3 Å². The molecule has 1 atom stereocenters. The van der Waals surface area contributed by atoms with Gasteiger partial charge in [-0.3, -0.25) is 0 Å². The lowest BCUT2D eigenvalue weighted by atomic mass is 9.64. The average molecular weight is 183 g/mol. The summed E-state index contributed by atoms with van der Waals surface area (Å²) in [6, 6.07) is 0. The standard InChI is InChI=1S/C10H17NO2/c1-10(2,7-4-3-5-7)8-6-11-9(12)13-8/h7-8H,3-6H2,1-2H3,(H,11,12). The molecule has 0 aromatic rings. The van der Waals surface area contributed by atoms with Crippen LogP contribution in [-0.2, 0) is 4.74 Å². The molecule has 0 aromatic carbocycles. The van der Waals surface area contributed by atoms with Gasteiger partial charge in [-0.05, 0) is 18.8 Å². The number of rotatable bonds is 2. The van der Waals surface area contributed by atoms with Gasteiger partial charge < -0.3 is 10.1 Å². The fourth-order valence-corrected chi connectivity index (χ4v) is 2.22. The lowest BCUT2D eigenvalue weighted by Gasteiger charge is -2.42. The Morgan fingerprint density at radius 2 is 2.15 bits per heavy atom. The minimum Gasteiger partial charge on any atom is -0.444 e. The van der Waals surface area contributed by atoms with E-state index in [9.17, 15) is 4.79 Å². The molecule has 0 aromatic heterocycles. The lowest BCUT2D eigenvalue weighted by Crippen LogP contribution is -2.41. The van der Waals surface area contributed by atoms with Crippen molar-refractivity contribution in [2.75, 3.05) is 6.54 Å². The monoisotopic (exact) mass is 183 g/mol. The summed E-state index contributed by atoms with van der Waals surface area (Å²) in [5.74, 6) is 0.741. The van der Waals surface area contributed by atoms with Crippen LogP contribution in [0.1, 0.15) is 33.1 Å². The van der Waals surface area contributed by atoms with Crippen molar-refractivity contribution < 1.29 is 9.53 Å². The van der Waals surface area contributed by atoms with Crippen LogP contribution in [-0.4, -0.2) is 18.7 Å². The Hall–Kier alpha value is -0.730. The van der Waals surface area contributed by atoms with Gasteiger partial charge in [0.15, 0.2) is 0 Å². The molecular weight excluding hydrogens is 166 g/mol. The van der Waals surface area contributed by atoms with E-state index in [2.05, 4.69) is 19.2 Å². The summed E-state index contributed by atoms with van der Waals surface area (Å²) in [6.45, 7) is 5.10. The fourth-order valence-electron chi connectivity index (χ4n) is 2.22. The molecule has 13 heavy (non-hydrogen) atoms. The van der Waals surface area contributed by atoms with Gasteiger partial charge in [0, 0.05) is 5.41 Å². The van der Waals surface area contributed by atoms with Crippen LogP contribution in [0.2, 0.25) is 0 Å². The first-order chi connectivity index (χ1) is 6.10. The van der Waals surface area contributed by atoms with Gasteiger partial charge in [0.05, 0.1) is 6.54 Å². The van der Waals surface area contributed by atoms with E-state index >= 15 is 0 Å². The van der Waals surface area contributed by atoms with E-state index in [1.54, 1.807) is 0 Å². The van der Waals surface area contributed by atoms with Gasteiger partial charge in [-0.2, -0.15) is 0 Å². The number of carbonyl (C=O) groups is 1. The predicted octanol–water partition coefficient (Wildman–Crippen LogP) is 1.92. The van der Waals surface area contributed by atoms with Crippen LogP contribution in [0.5, 0.6) is 0 Å². The molecule has 1 aliphatic carbocycles. The zero-order chi connectivity index (χ0) is 9.47. The topological polar surface area (TPSA) is 38.3 Å². The van der Waals surface area contributed by atoms with E-state index in [-0.39, 0.29) is 17.6 Å². The second-order valence-corrected chi connectivity index (χ2v) is 4.72. The maximum atomic E-state index is 10.9. The van der Waals surface area contributed by atoms with Gasteiger partial charge >= 0.3 is 6.09 Å². The van der Waals surface area contributed by atoms with E-state index in [0.29, 0.717) is 6.54 Å². The summed E-state index contributed by atoms with van der Waals surface area (Å²) in [5, 5.41) is 2.72. The van der Waals surface area contributed by atoms with Gasteiger partial charge in [0.25, 0.3) is 0 Å². The van der Waals surface area contributed by atoms with Crippen molar-refractivity contribution in [2.24, 2.45) is 11.3 Å². The van der Waals surface area contributed by atoms with Gasteiger partial charge in [0.2, 0.25) is 0 Å². The molecule has 1 aliphatic heterocycles. The second-order valence-electron chi connectivity index (χ2n) is 4.72. The SMILES string of the molecule is CC(C)(C1CCC1)C1CNC(=O)O1. The van der Waals surface area contributed by atoms with E-state index in [1.807, 2.05) is 0 Å². The summed E-state index contributed by atoms with van der Waals surface area (Å²) < 4.78 is 5.23. The third-order valence-electron chi connectivity index (χ3n) is 3.67. The number of hydrogen-bond acceptors (Lipinski definition) is 2. The first-order valence-electron chi connectivity index (χ1n) is 5.05. The summed E-state index contributed by atoms with van der Waals surface area (Å²) in [7, 11) is 0. The van der Waals surface area contributed by atoms with E-state index in [4.69, 9.17) is 4.74 Å². The highest BCUT2D eigenvalue weighted by molar-refractivity contribution is 5.69. The number of amides is 1. The van der Waals surface area contributed by atoms with E-state index < -0.39 is 0 Å². The van der Waals surface area contributed by atoms with Crippen molar-refractivity contribution in [3.8, 4) is 0 Å². The molecule has 0 bridgehead atoms. The van der Waals surface area contributed by atoms with Crippen LogP contribution in [0.15, 0.2) is 0 Å². The van der Waals surface area contributed by atoms with Crippen LogP contribution in [0.3, 0.4) is 0 Å². The molecule has 1 unspecified atom stereocenters. The van der Waals surface area contributed by atoms with Crippen molar-refractivity contribution >= 4 is 6.09 Å². The van der Waals surface area contributed by atoms with Crippen molar-refractivity contribution in [3.63, 3.8) is 0 Å². The summed E-state index contributed by atoms with van der Waals surface area (Å²) in [4.78, 5) is 10.9. The van der Waals surface area contributed by atoms with Crippen LogP contribution in [0, 0.1) is 11.3 Å². The highest BCUT2D eigenvalue weighted by Crippen LogP contribution is 2.45. The Morgan fingerprint density at radius 1 is 1.46 bits per heavy atom. The minimum atomic E-state index is -0.252. The predicted molar refractivity (Wildman–Crippen MR) is 49.4 cm³/mol. The molecule has 3 nitrogen and oxygen atoms in total. The van der Waals surface area contributed by atoms with Crippen molar-refractivity contribution in [3.05, 3.63) is 0 Å². The smallest absolute Gasteiger partial charge is 0.407 e. The first kappa shape index (κ1) is 8.85. The lowest BCUT2D eigenvalue weighted by molar-refractivity contribution is -0.00626. The number of carbonyl (C=O) groups excluding carboxylic acids is 1. The maximum Gasteiger partial charge on any atom is 0.407 e. The number of ether oxygens (including phenoxy) is 1. The third kappa shape index (κ3) is 1.40. The average Bonchev–Trinajstić information content (AvgIpc) is 2.30. The molecule has 1 N–H and O–H groups in total. The summed E-state index contributed by atoms with van der Waals surface area (Å²) >= 11 is 0. The van der Waals surface area contributed by atoms with Gasteiger partial charge in [-0.1, -0.05) is 20.3 Å². The normalized spacial score (nSPS) is 29.4. The van der Waals surface area contributed by atoms with Gasteiger partial charge in [-0.25, -0.2) is 4.79 Å². The van der Waals surface area contributed by atoms with Crippen LogP contribution >= 0.6 is 0 Å². The highest BCUT2D eigenvalue weighted by Gasteiger charge is 2.44. The molecule has 0 spiro atoms. The molecule has 2 aliphatic rings. The minimum absolute atomic E-state index is 0.0744. The largest absolute Gasteiger partial charge is 0.444 e. The Kier molecular flexibility index (Phi) is 1.97. The molecule has 2 rings (SSSR count). The van der Waals surface area contributed by atoms with Crippen molar-refractivity contribution in [2.45, 2.75) is 39.2 Å². The molecule has 2 fully saturated rings. The Morgan fingerprint density at radius 3 is 2.54 bits per heavy atom. The Bertz CT molecular complexity index is 221. The number of nitrogens with one attached hydrogen (secondary N) is 1. The Labute approximate surface area is 78.8 Å². The quantitative estimate of drug-likeness (QED) is 0.710. The maximum absolute atomic E-state index is 10.9. The molecular formula is C10H17NO2. The van der Waals surface area contributed by atoms with Gasteiger partial charge in [0.1, 0.15) is 6.10 Å². The molecule has 1 saturated carbocycles. The third-order valence-corrected chi connectivity index (χ3v) is 3.67. The molecule has 3 heteroatoms. The number of alkyl carbamates (subject to hydrolysis) is 1.